The Hall–Kier alpha value is -7.16. The van der Waals surface area contributed by atoms with E-state index in [0.717, 1.165) is 22.7 Å². The van der Waals surface area contributed by atoms with Crippen LogP contribution in [0.25, 0.3) is 71.6 Å². The van der Waals surface area contributed by atoms with Gasteiger partial charge in [-0.3, -0.25) is 0 Å². The average molecular weight is 827 g/mol. The SMILES string of the molecule is CC(C)(C)c1ccc(-c2ccccc2N(c2cccc(-c3cccc4c3c3ccccc3n4-c3ccccc3)c2)c2ccccc2-c2cccc3cccc(C4CCCCC4)c23)cc1. The van der Waals surface area contributed by atoms with Gasteiger partial charge in [0, 0.05) is 33.3 Å². The van der Waals surface area contributed by atoms with E-state index >= 15 is 0 Å². The van der Waals surface area contributed by atoms with Crippen molar-refractivity contribution in [1.29, 1.82) is 0 Å². The fourth-order valence-corrected chi connectivity index (χ4v) is 10.6. The van der Waals surface area contributed by atoms with E-state index < -0.39 is 0 Å². The highest BCUT2D eigenvalue weighted by Crippen LogP contribution is 2.49. The van der Waals surface area contributed by atoms with E-state index in [4.69, 9.17) is 0 Å². The third kappa shape index (κ3) is 7.08. The van der Waals surface area contributed by atoms with Crippen LogP contribution in [0.5, 0.6) is 0 Å². The van der Waals surface area contributed by atoms with Gasteiger partial charge in [0.05, 0.1) is 22.4 Å². The molecule has 2 heteroatoms. The molecule has 10 aromatic rings. The van der Waals surface area contributed by atoms with Gasteiger partial charge in [-0.2, -0.15) is 0 Å². The summed E-state index contributed by atoms with van der Waals surface area (Å²) in [6.45, 7) is 6.86. The number of hydrogen-bond donors (Lipinski definition) is 0. The van der Waals surface area contributed by atoms with Crippen LogP contribution in [0.1, 0.15) is 69.9 Å². The van der Waals surface area contributed by atoms with Gasteiger partial charge in [-0.05, 0) is 117 Å². The maximum absolute atomic E-state index is 2.53. The number of fused-ring (bicyclic) bond motifs is 4. The Bertz CT molecular complexity index is 3280. The molecule has 0 radical (unpaired) electrons. The Morgan fingerprint density at radius 3 is 1.84 bits per heavy atom. The second-order valence-corrected chi connectivity index (χ2v) is 18.7. The van der Waals surface area contributed by atoms with Crippen LogP contribution in [0.4, 0.5) is 17.1 Å². The molecule has 0 spiro atoms. The Morgan fingerprint density at radius 2 is 1.06 bits per heavy atom. The predicted octanol–water partition coefficient (Wildman–Crippen LogP) is 17.8. The molecule has 1 fully saturated rings. The molecular formula is C62H54N2. The van der Waals surface area contributed by atoms with Crippen molar-refractivity contribution >= 4 is 49.6 Å². The van der Waals surface area contributed by atoms with Gasteiger partial charge in [0.1, 0.15) is 0 Å². The van der Waals surface area contributed by atoms with Crippen molar-refractivity contribution in [1.82, 2.24) is 4.57 Å². The molecular weight excluding hydrogens is 773 g/mol. The molecule has 1 heterocycles. The molecule has 64 heavy (non-hydrogen) atoms. The number of para-hydroxylation sites is 4. The molecule has 312 valence electrons. The fourth-order valence-electron chi connectivity index (χ4n) is 10.6. The van der Waals surface area contributed by atoms with Crippen molar-refractivity contribution in [2.75, 3.05) is 4.90 Å². The first-order valence-corrected chi connectivity index (χ1v) is 23.2. The van der Waals surface area contributed by atoms with Crippen LogP contribution < -0.4 is 4.90 Å². The van der Waals surface area contributed by atoms with Gasteiger partial charge >= 0.3 is 0 Å². The van der Waals surface area contributed by atoms with Gasteiger partial charge in [0.15, 0.2) is 0 Å². The van der Waals surface area contributed by atoms with Gasteiger partial charge in [-0.15, -0.1) is 0 Å². The summed E-state index contributed by atoms with van der Waals surface area (Å²) in [5.74, 6) is 0.575. The smallest absolute Gasteiger partial charge is 0.0547 e. The third-order valence-electron chi connectivity index (χ3n) is 13.8. The number of hydrogen-bond acceptors (Lipinski definition) is 1. The van der Waals surface area contributed by atoms with E-state index in [9.17, 15) is 0 Å². The molecule has 1 aliphatic rings. The monoisotopic (exact) mass is 826 g/mol. The van der Waals surface area contributed by atoms with Crippen LogP contribution in [-0.4, -0.2) is 4.57 Å². The van der Waals surface area contributed by atoms with Crippen molar-refractivity contribution in [2.24, 2.45) is 0 Å². The molecule has 0 bridgehead atoms. The Balaban J connectivity index is 1.15. The zero-order chi connectivity index (χ0) is 43.2. The van der Waals surface area contributed by atoms with Crippen LogP contribution in [-0.2, 0) is 5.41 Å². The molecule has 0 N–H and O–H groups in total. The summed E-state index contributed by atoms with van der Waals surface area (Å²) in [6, 6.07) is 76.9. The highest BCUT2D eigenvalue weighted by atomic mass is 15.1. The van der Waals surface area contributed by atoms with Crippen LogP contribution in [0.3, 0.4) is 0 Å². The predicted molar refractivity (Wildman–Crippen MR) is 274 cm³/mol. The van der Waals surface area contributed by atoms with E-state index in [1.807, 2.05) is 0 Å². The lowest BCUT2D eigenvalue weighted by Crippen LogP contribution is -2.13. The molecule has 1 saturated carbocycles. The molecule has 11 rings (SSSR count). The van der Waals surface area contributed by atoms with E-state index in [1.165, 1.54) is 109 Å². The van der Waals surface area contributed by atoms with Gasteiger partial charge in [-0.1, -0.05) is 198 Å². The number of anilines is 3. The molecule has 1 aromatic heterocycles. The summed E-state index contributed by atoms with van der Waals surface area (Å²) < 4.78 is 2.41. The first kappa shape index (κ1) is 39.7. The van der Waals surface area contributed by atoms with Crippen LogP contribution in [0.2, 0.25) is 0 Å². The molecule has 1 aliphatic carbocycles. The molecule has 0 aliphatic heterocycles. The zero-order valence-corrected chi connectivity index (χ0v) is 37.1. The number of benzene rings is 9. The molecule has 2 nitrogen and oxygen atoms in total. The van der Waals surface area contributed by atoms with Gasteiger partial charge in [0.2, 0.25) is 0 Å². The van der Waals surface area contributed by atoms with Crippen molar-refractivity contribution < 1.29 is 0 Å². The topological polar surface area (TPSA) is 8.17 Å². The quantitative estimate of drug-likeness (QED) is 0.148. The lowest BCUT2D eigenvalue weighted by atomic mass is 9.80. The standard InChI is InChI=1S/C62H54N2/c1-62(2,3)47-40-38-44(39-41-47)50-28-10-13-34-56(50)64(57-35-14-11-29-53(57)54-33-18-23-45-22-17-31-51(60(45)54)43-20-6-4-7-21-43)49-27-16-24-46(42-49)52-32-19-37-59-61(52)55-30-12-15-36-58(55)63(59)48-25-8-5-9-26-48/h5,8-19,22-43H,4,6-7,20-21H2,1-3H3. The van der Waals surface area contributed by atoms with E-state index in [1.54, 1.807) is 0 Å². The Labute approximate surface area is 378 Å². The van der Waals surface area contributed by atoms with Gasteiger partial charge in [0.25, 0.3) is 0 Å². The normalized spacial score (nSPS) is 13.5. The summed E-state index contributed by atoms with van der Waals surface area (Å²) in [5.41, 5.74) is 17.2. The number of nitrogens with zero attached hydrogens (tertiary/aromatic N) is 2. The first-order valence-electron chi connectivity index (χ1n) is 23.2. The lowest BCUT2D eigenvalue weighted by molar-refractivity contribution is 0.445. The minimum atomic E-state index is 0.0641. The number of rotatable bonds is 8. The van der Waals surface area contributed by atoms with E-state index in [0.29, 0.717) is 5.92 Å². The van der Waals surface area contributed by atoms with Crippen molar-refractivity contribution in [3.63, 3.8) is 0 Å². The summed E-state index contributed by atoms with van der Waals surface area (Å²) in [4.78, 5) is 2.53. The summed E-state index contributed by atoms with van der Waals surface area (Å²) in [5, 5.41) is 5.21. The Kier molecular flexibility index (Phi) is 10.2. The third-order valence-corrected chi connectivity index (χ3v) is 13.8. The maximum atomic E-state index is 2.53. The summed E-state index contributed by atoms with van der Waals surface area (Å²) in [7, 11) is 0. The van der Waals surface area contributed by atoms with Gasteiger partial charge < -0.3 is 9.47 Å². The molecule has 0 amide bonds. The second-order valence-electron chi connectivity index (χ2n) is 18.7. The number of aromatic nitrogens is 1. The summed E-state index contributed by atoms with van der Waals surface area (Å²) >= 11 is 0. The van der Waals surface area contributed by atoms with Crippen molar-refractivity contribution in [3.8, 4) is 39.1 Å². The van der Waals surface area contributed by atoms with Gasteiger partial charge in [-0.25, -0.2) is 0 Å². The van der Waals surface area contributed by atoms with Crippen molar-refractivity contribution in [2.45, 2.75) is 64.2 Å². The largest absolute Gasteiger partial charge is 0.309 e. The molecule has 0 saturated heterocycles. The molecule has 0 unspecified atom stereocenters. The fraction of sp³-hybridized carbons (Fsp3) is 0.161. The van der Waals surface area contributed by atoms with Crippen molar-refractivity contribution in [3.05, 3.63) is 217 Å². The zero-order valence-electron chi connectivity index (χ0n) is 37.1. The highest BCUT2D eigenvalue weighted by Gasteiger charge is 2.25. The van der Waals surface area contributed by atoms with E-state index in [2.05, 4.69) is 236 Å². The highest BCUT2D eigenvalue weighted by molar-refractivity contribution is 6.16. The average Bonchev–Trinajstić information content (AvgIpc) is 3.69. The Morgan fingerprint density at radius 1 is 0.453 bits per heavy atom. The maximum Gasteiger partial charge on any atom is 0.0547 e. The molecule has 0 atom stereocenters. The summed E-state index contributed by atoms with van der Waals surface area (Å²) in [6.07, 6.45) is 6.46. The minimum Gasteiger partial charge on any atom is -0.309 e. The molecule has 9 aromatic carbocycles. The van der Waals surface area contributed by atoms with Crippen LogP contribution in [0, 0.1) is 0 Å². The van der Waals surface area contributed by atoms with Crippen LogP contribution in [0.15, 0.2) is 206 Å². The second kappa shape index (κ2) is 16.5. The lowest BCUT2D eigenvalue weighted by Gasteiger charge is -2.31. The van der Waals surface area contributed by atoms with Crippen LogP contribution >= 0.6 is 0 Å². The minimum absolute atomic E-state index is 0.0641. The first-order chi connectivity index (χ1) is 31.4. The van der Waals surface area contributed by atoms with E-state index in [-0.39, 0.29) is 5.41 Å².